The van der Waals surface area contributed by atoms with Crippen molar-refractivity contribution in [1.82, 2.24) is 0 Å². The van der Waals surface area contributed by atoms with Gasteiger partial charge in [0, 0.05) is 0 Å². The second-order valence-electron chi connectivity index (χ2n) is 2.60. The van der Waals surface area contributed by atoms with E-state index in [1.54, 1.807) is 0 Å². The van der Waals surface area contributed by atoms with Crippen LogP contribution in [-0.2, 0) is 9.53 Å². The molecular weight excluding hydrogens is 130 g/mol. The summed E-state index contributed by atoms with van der Waals surface area (Å²) in [6.07, 6.45) is 7.64. The molecule has 1 N–H and O–H groups in total. The van der Waals surface area contributed by atoms with Crippen molar-refractivity contribution in [1.29, 1.82) is 5.41 Å². The van der Waals surface area contributed by atoms with E-state index >= 15 is 0 Å². The molecule has 0 bridgehead atoms. The van der Waals surface area contributed by atoms with Gasteiger partial charge >= 0.3 is 0 Å². The van der Waals surface area contributed by atoms with Crippen molar-refractivity contribution in [3.63, 3.8) is 0 Å². The highest BCUT2D eigenvalue weighted by Crippen LogP contribution is 2.35. The molecule has 56 valence electrons. The molecule has 1 heterocycles. The number of rotatable bonds is 0. The van der Waals surface area contributed by atoms with Crippen molar-refractivity contribution in [3.05, 3.63) is 0 Å². The highest BCUT2D eigenvalue weighted by Gasteiger charge is 2.39. The normalized spacial score (nSPS) is 34.4. The second-order valence-corrected chi connectivity index (χ2v) is 2.60. The Labute approximate surface area is 59.9 Å². The summed E-state index contributed by atoms with van der Waals surface area (Å²) in [5.41, 5.74) is 0. The maximum atomic E-state index is 8.35. The summed E-state index contributed by atoms with van der Waals surface area (Å²) >= 11 is 0. The summed E-state index contributed by atoms with van der Waals surface area (Å²) in [5, 5.41) is 5.40. The number of fused-ring (bicyclic) bond motifs is 1. The van der Waals surface area contributed by atoms with E-state index in [2.05, 4.69) is 0 Å². The van der Waals surface area contributed by atoms with Gasteiger partial charge in [0.2, 0.25) is 6.08 Å². The van der Waals surface area contributed by atoms with Crippen molar-refractivity contribution in [2.45, 2.75) is 37.9 Å². The third-order valence-corrected chi connectivity index (χ3v) is 1.91. The molecule has 0 amide bonds. The largest absolute Gasteiger partial charge is 0.370 e. The van der Waals surface area contributed by atoms with Crippen LogP contribution in [0.5, 0.6) is 0 Å². The average molecular weight is 141 g/mol. The Hall–Kier alpha value is -0.660. The molecule has 3 heteroatoms. The Morgan fingerprint density at radius 1 is 1.30 bits per heavy atom. The van der Waals surface area contributed by atoms with Gasteiger partial charge in [-0.25, -0.2) is 10.2 Å². The van der Waals surface area contributed by atoms with E-state index in [-0.39, 0.29) is 0 Å². The molecule has 0 radical (unpaired) electrons. The molecule has 0 aromatic rings. The van der Waals surface area contributed by atoms with E-state index in [0.29, 0.717) is 12.2 Å². The average Bonchev–Trinajstić information content (AvgIpc) is 2.66. The molecule has 0 spiro atoms. The molecule has 2 aliphatic rings. The number of epoxide rings is 1. The number of hydrogen-bond acceptors (Lipinski definition) is 3. The van der Waals surface area contributed by atoms with Crippen LogP contribution >= 0.6 is 0 Å². The minimum Gasteiger partial charge on any atom is -0.370 e. The van der Waals surface area contributed by atoms with Gasteiger partial charge in [0.05, 0.1) is 12.2 Å². The minimum atomic E-state index is 0.703. The number of hydrogen-bond donors (Lipinski definition) is 1. The standard InChI is InChI=1S/C6H10O.CHNO/c1-2-4-6-5(3-1)7-6;2-1-3/h5-6H,1-4H2;2H. The van der Waals surface area contributed by atoms with Gasteiger partial charge in [0.15, 0.2) is 0 Å². The Kier molecular flexibility index (Phi) is 2.60. The first kappa shape index (κ1) is 7.45. The highest BCUT2D eigenvalue weighted by molar-refractivity contribution is 5.26. The van der Waals surface area contributed by atoms with E-state index in [1.165, 1.54) is 25.7 Å². The van der Waals surface area contributed by atoms with Gasteiger partial charge < -0.3 is 4.74 Å². The SMILES string of the molecule is C1CCC2OC2C1.N=C=O. The highest BCUT2D eigenvalue weighted by atomic mass is 16.6. The van der Waals surface area contributed by atoms with Crippen LogP contribution in [0, 0.1) is 5.41 Å². The fourth-order valence-corrected chi connectivity index (χ4v) is 1.38. The van der Waals surface area contributed by atoms with Crippen molar-refractivity contribution in [2.24, 2.45) is 0 Å². The summed E-state index contributed by atoms with van der Waals surface area (Å²) in [6.45, 7) is 0. The zero-order valence-electron chi connectivity index (χ0n) is 5.80. The lowest BCUT2D eigenvalue weighted by atomic mass is 10.0. The van der Waals surface area contributed by atoms with E-state index in [0.717, 1.165) is 6.08 Å². The third kappa shape index (κ3) is 1.94. The molecule has 1 saturated carbocycles. The van der Waals surface area contributed by atoms with Crippen molar-refractivity contribution in [3.8, 4) is 0 Å². The Morgan fingerprint density at radius 3 is 2.00 bits per heavy atom. The monoisotopic (exact) mass is 141 g/mol. The van der Waals surface area contributed by atoms with Crippen LogP contribution < -0.4 is 0 Å². The predicted molar refractivity (Wildman–Crippen MR) is 35.5 cm³/mol. The molecule has 10 heavy (non-hydrogen) atoms. The number of ether oxygens (including phenoxy) is 1. The van der Waals surface area contributed by atoms with Crippen molar-refractivity contribution in [2.75, 3.05) is 0 Å². The van der Waals surface area contributed by atoms with Gasteiger partial charge in [0.25, 0.3) is 0 Å². The number of isocyanates is 1. The quantitative estimate of drug-likeness (QED) is 0.313. The van der Waals surface area contributed by atoms with Crippen LogP contribution in [0.4, 0.5) is 0 Å². The van der Waals surface area contributed by atoms with Crippen LogP contribution in [0.3, 0.4) is 0 Å². The summed E-state index contributed by atoms with van der Waals surface area (Å²) < 4.78 is 5.28. The fourth-order valence-electron chi connectivity index (χ4n) is 1.38. The lowest BCUT2D eigenvalue weighted by molar-refractivity contribution is 0.373. The van der Waals surface area contributed by atoms with Crippen LogP contribution in [0.1, 0.15) is 25.7 Å². The van der Waals surface area contributed by atoms with Crippen LogP contribution in [0.15, 0.2) is 0 Å². The molecule has 1 saturated heterocycles. The van der Waals surface area contributed by atoms with Gasteiger partial charge in [-0.15, -0.1) is 0 Å². The molecule has 2 rings (SSSR count). The first-order chi connectivity index (χ1) is 4.88. The van der Waals surface area contributed by atoms with Gasteiger partial charge in [-0.05, 0) is 12.8 Å². The molecule has 0 aromatic carbocycles. The zero-order valence-corrected chi connectivity index (χ0v) is 5.80. The van der Waals surface area contributed by atoms with Gasteiger partial charge in [0.1, 0.15) is 0 Å². The van der Waals surface area contributed by atoms with Gasteiger partial charge in [-0.1, -0.05) is 12.8 Å². The molecule has 3 nitrogen and oxygen atoms in total. The molecule has 0 aromatic heterocycles. The van der Waals surface area contributed by atoms with E-state index < -0.39 is 0 Å². The molecule has 1 aliphatic heterocycles. The summed E-state index contributed by atoms with van der Waals surface area (Å²) in [7, 11) is 0. The lowest BCUT2D eigenvalue weighted by Gasteiger charge is -2.00. The van der Waals surface area contributed by atoms with Crippen LogP contribution in [-0.4, -0.2) is 18.3 Å². The lowest BCUT2D eigenvalue weighted by Crippen LogP contribution is -2.00. The molecule has 2 atom stereocenters. The second kappa shape index (κ2) is 3.49. The Balaban J connectivity index is 0.000000148. The predicted octanol–water partition coefficient (Wildman–Crippen LogP) is 1.23. The van der Waals surface area contributed by atoms with E-state index in [9.17, 15) is 0 Å². The number of nitrogens with one attached hydrogen (secondary N) is 1. The van der Waals surface area contributed by atoms with Crippen LogP contribution in [0.25, 0.3) is 0 Å². The Morgan fingerprint density at radius 2 is 1.70 bits per heavy atom. The first-order valence-electron chi connectivity index (χ1n) is 3.58. The van der Waals surface area contributed by atoms with E-state index in [1.807, 2.05) is 0 Å². The summed E-state index contributed by atoms with van der Waals surface area (Å²) in [6, 6.07) is 0. The first-order valence-corrected chi connectivity index (χ1v) is 3.58. The van der Waals surface area contributed by atoms with Crippen LogP contribution in [0.2, 0.25) is 0 Å². The number of carbonyl (C=O) groups excluding carboxylic acids is 1. The van der Waals surface area contributed by atoms with Gasteiger partial charge in [-0.2, -0.15) is 0 Å². The summed E-state index contributed by atoms with van der Waals surface area (Å²) in [4.78, 5) is 8.35. The smallest absolute Gasteiger partial charge is 0.231 e. The van der Waals surface area contributed by atoms with Gasteiger partial charge in [-0.3, -0.25) is 0 Å². The molecule has 1 aliphatic carbocycles. The van der Waals surface area contributed by atoms with Crippen molar-refractivity contribution >= 4 is 6.08 Å². The summed E-state index contributed by atoms with van der Waals surface area (Å²) in [5.74, 6) is 0. The molecular formula is C7H11NO2. The maximum Gasteiger partial charge on any atom is 0.231 e. The Bertz CT molecular complexity index is 131. The fraction of sp³-hybridized carbons (Fsp3) is 0.857. The zero-order chi connectivity index (χ0) is 7.40. The maximum absolute atomic E-state index is 8.35. The third-order valence-electron chi connectivity index (χ3n) is 1.91. The van der Waals surface area contributed by atoms with E-state index in [4.69, 9.17) is 14.9 Å². The topological polar surface area (TPSA) is 53.5 Å². The molecule has 2 fully saturated rings. The minimum absolute atomic E-state index is 0.703. The molecule has 2 unspecified atom stereocenters. The van der Waals surface area contributed by atoms with Crippen molar-refractivity contribution < 1.29 is 9.53 Å².